The molecule has 13 nitrogen and oxygen atoms in total. The van der Waals surface area contributed by atoms with E-state index in [4.69, 9.17) is 30.5 Å². The van der Waals surface area contributed by atoms with Gasteiger partial charge in [-0.15, -0.1) is 0 Å². The van der Waals surface area contributed by atoms with Crippen molar-refractivity contribution < 1.29 is 41.5 Å². The maximum absolute atomic E-state index is 14.7. The number of nitrogens with zero attached hydrogens (tertiary/aromatic N) is 2. The molecular formula is C42H47ClN4O9S. The number of pyridine rings is 1. The normalized spacial score (nSPS) is 26.6. The fourth-order valence-corrected chi connectivity index (χ4v) is 9.73. The Hall–Kier alpha value is -4.69. The van der Waals surface area contributed by atoms with Crippen molar-refractivity contribution in [3.8, 4) is 5.88 Å². The molecule has 1 saturated heterocycles. The molecule has 2 aromatic carbocycles. The predicted molar refractivity (Wildman–Crippen MR) is 214 cm³/mol. The monoisotopic (exact) mass is 818 g/mol. The highest BCUT2D eigenvalue weighted by Gasteiger charge is 2.62. The summed E-state index contributed by atoms with van der Waals surface area (Å²) in [6.45, 7) is 5.29. The van der Waals surface area contributed by atoms with E-state index in [0.29, 0.717) is 64.6 Å². The van der Waals surface area contributed by atoms with Gasteiger partial charge in [-0.1, -0.05) is 54.8 Å². The molecule has 0 spiro atoms. The summed E-state index contributed by atoms with van der Waals surface area (Å²) in [4.78, 5) is 62.6. The van der Waals surface area contributed by atoms with Gasteiger partial charge in [-0.2, -0.15) is 0 Å². The number of ether oxygens (including phenoxy) is 2. The third kappa shape index (κ3) is 8.07. The second-order valence-electron chi connectivity index (χ2n) is 16.9. The number of halogens is 1. The molecular weight excluding hydrogens is 772 g/mol. The van der Waals surface area contributed by atoms with Crippen molar-refractivity contribution in [3.63, 3.8) is 0 Å². The van der Waals surface area contributed by atoms with Gasteiger partial charge in [0.05, 0.1) is 18.2 Å². The third-order valence-corrected chi connectivity index (χ3v) is 13.4. The molecule has 8 rings (SSSR count). The number of nitrogens with one attached hydrogen (secondary N) is 2. The SMILES string of the molecule is CC(C)(C)OC(=O)C[C@H]1CCCCC/C=C\[C@@H]2C[C@@]2(C(=O)NS(=O)(=O)C2CC2)NC(=O)[C@@H]2C[C@@H](Oc3nc4c5cc(Cl)ccc5oc4c4ccccc34)CN2C1=O. The Kier molecular flexibility index (Phi) is 10.2. The van der Waals surface area contributed by atoms with Crippen LogP contribution in [-0.2, 0) is 33.9 Å². The predicted octanol–water partition coefficient (Wildman–Crippen LogP) is 6.49. The van der Waals surface area contributed by atoms with Crippen LogP contribution in [0, 0.1) is 11.8 Å². The summed E-state index contributed by atoms with van der Waals surface area (Å²) in [5.74, 6) is -3.24. The van der Waals surface area contributed by atoms with Gasteiger partial charge in [0.2, 0.25) is 27.7 Å². The minimum absolute atomic E-state index is 0.00761. The van der Waals surface area contributed by atoms with Crippen LogP contribution in [0.25, 0.3) is 32.8 Å². The lowest BCUT2D eigenvalue weighted by atomic mass is 9.95. The second kappa shape index (κ2) is 14.9. The van der Waals surface area contributed by atoms with Crippen molar-refractivity contribution in [2.75, 3.05) is 6.54 Å². The number of sulfonamides is 1. The van der Waals surface area contributed by atoms with Crippen molar-refractivity contribution in [2.45, 2.75) is 114 Å². The molecule has 4 aliphatic rings. The van der Waals surface area contributed by atoms with E-state index < -0.39 is 74.1 Å². The second-order valence-corrected chi connectivity index (χ2v) is 19.3. The molecule has 3 amide bonds. The van der Waals surface area contributed by atoms with Crippen LogP contribution in [0.5, 0.6) is 5.88 Å². The lowest BCUT2D eigenvalue weighted by molar-refractivity contribution is -0.159. The Morgan fingerprint density at radius 3 is 2.58 bits per heavy atom. The summed E-state index contributed by atoms with van der Waals surface area (Å²) < 4.78 is 46.5. The number of amides is 3. The summed E-state index contributed by atoms with van der Waals surface area (Å²) in [7, 11) is -3.90. The molecule has 15 heteroatoms. The fraction of sp³-hybridized carbons (Fsp3) is 0.500. The summed E-state index contributed by atoms with van der Waals surface area (Å²) in [5, 5.41) is 4.91. The summed E-state index contributed by atoms with van der Waals surface area (Å²) in [6, 6.07) is 11.7. The van der Waals surface area contributed by atoms with Gasteiger partial charge in [0, 0.05) is 39.4 Å². The van der Waals surface area contributed by atoms with Crippen molar-refractivity contribution >= 4 is 78.2 Å². The number of hydrogen-bond acceptors (Lipinski definition) is 10. The Bertz CT molecular complexity index is 2420. The number of carbonyl (C=O) groups is 4. The molecule has 2 aliphatic heterocycles. The van der Waals surface area contributed by atoms with E-state index in [1.165, 1.54) is 4.90 Å². The molecule has 4 heterocycles. The number of rotatable bonds is 7. The maximum atomic E-state index is 14.7. The van der Waals surface area contributed by atoms with Crippen LogP contribution in [0.3, 0.4) is 0 Å². The van der Waals surface area contributed by atoms with Crippen LogP contribution in [-0.4, -0.2) is 77.1 Å². The standard InChI is InChI=1S/C42H47ClN4O9S/c1-41(2,3)56-34(48)19-24-11-7-5-4-6-8-12-25-22-42(25,40(51)46-57(52,53)28-16-17-28)45-37(49)32-21-27(23-47(32)39(24)50)54-38-30-14-10-9-13-29(30)36-35(44-38)31-20-26(43)15-18-33(31)55-36/h8-10,12-15,18,20,24-25,27-28,32H,4-7,11,16-17,19,21-23H2,1-3H3,(H,45,49)(H,46,51)/b12-8-/t24-,25-,27-,32+,42-/m1/s1. The quantitative estimate of drug-likeness (QED) is 0.155. The lowest BCUT2D eigenvalue weighted by Gasteiger charge is -2.30. The van der Waals surface area contributed by atoms with Gasteiger partial charge in [0.15, 0.2) is 5.58 Å². The van der Waals surface area contributed by atoms with Crippen LogP contribution < -0.4 is 14.8 Å². The van der Waals surface area contributed by atoms with Gasteiger partial charge in [0.25, 0.3) is 5.91 Å². The largest absolute Gasteiger partial charge is 0.472 e. The van der Waals surface area contributed by atoms with Crippen molar-refractivity contribution in [1.82, 2.24) is 19.9 Å². The Balaban J connectivity index is 1.14. The number of hydrogen-bond donors (Lipinski definition) is 2. The minimum Gasteiger partial charge on any atom is -0.472 e. The van der Waals surface area contributed by atoms with Crippen molar-refractivity contribution in [3.05, 3.63) is 59.6 Å². The van der Waals surface area contributed by atoms with E-state index in [0.717, 1.165) is 18.2 Å². The number of benzene rings is 2. The van der Waals surface area contributed by atoms with E-state index in [9.17, 15) is 27.6 Å². The molecule has 2 aromatic heterocycles. The smallest absolute Gasteiger partial charge is 0.307 e. The van der Waals surface area contributed by atoms with Gasteiger partial charge >= 0.3 is 5.97 Å². The Morgan fingerprint density at radius 2 is 1.82 bits per heavy atom. The first-order valence-electron chi connectivity index (χ1n) is 19.8. The molecule has 57 heavy (non-hydrogen) atoms. The number of furan rings is 1. The highest BCUT2D eigenvalue weighted by Crippen LogP contribution is 2.46. The molecule has 2 saturated carbocycles. The lowest BCUT2D eigenvalue weighted by Crippen LogP contribution is -2.57. The first-order chi connectivity index (χ1) is 27.1. The van der Waals surface area contributed by atoms with Crippen LogP contribution in [0.1, 0.15) is 85.0 Å². The van der Waals surface area contributed by atoms with E-state index >= 15 is 0 Å². The van der Waals surface area contributed by atoms with E-state index in [2.05, 4.69) is 10.0 Å². The molecule has 2 aliphatic carbocycles. The van der Waals surface area contributed by atoms with Crippen molar-refractivity contribution in [1.29, 1.82) is 0 Å². The topological polar surface area (TPSA) is 174 Å². The number of esters is 1. The summed E-state index contributed by atoms with van der Waals surface area (Å²) in [5.41, 5.74) is -0.556. The number of carbonyl (C=O) groups excluding carboxylic acids is 4. The van der Waals surface area contributed by atoms with Crippen molar-refractivity contribution in [2.24, 2.45) is 11.8 Å². The van der Waals surface area contributed by atoms with E-state index in [1.807, 2.05) is 36.4 Å². The van der Waals surface area contributed by atoms with Gasteiger partial charge in [-0.05, 0) is 83.6 Å². The minimum atomic E-state index is -3.90. The average Bonchev–Trinajstić information content (AvgIpc) is 4.05. The number of fused-ring (bicyclic) bond motifs is 7. The van der Waals surface area contributed by atoms with Crippen LogP contribution in [0.2, 0.25) is 5.02 Å². The number of aromatic nitrogens is 1. The summed E-state index contributed by atoms with van der Waals surface area (Å²) >= 11 is 6.37. The molecule has 0 radical (unpaired) electrons. The van der Waals surface area contributed by atoms with Crippen LogP contribution in [0.15, 0.2) is 59.0 Å². The zero-order chi connectivity index (χ0) is 40.3. The number of allylic oxidation sites excluding steroid dienone is 1. The molecule has 3 fully saturated rings. The Morgan fingerprint density at radius 1 is 1.05 bits per heavy atom. The van der Waals surface area contributed by atoms with Gasteiger partial charge in [-0.25, -0.2) is 13.4 Å². The van der Waals surface area contributed by atoms with E-state index in [1.54, 1.807) is 39.0 Å². The van der Waals surface area contributed by atoms with Gasteiger partial charge in [0.1, 0.15) is 34.4 Å². The average molecular weight is 819 g/mol. The van der Waals surface area contributed by atoms with Crippen LogP contribution in [0.4, 0.5) is 0 Å². The zero-order valence-electron chi connectivity index (χ0n) is 32.2. The summed E-state index contributed by atoms with van der Waals surface area (Å²) in [6.07, 6.45) is 7.52. The van der Waals surface area contributed by atoms with Gasteiger partial charge in [-0.3, -0.25) is 23.9 Å². The highest BCUT2D eigenvalue weighted by atomic mass is 35.5. The highest BCUT2D eigenvalue weighted by molar-refractivity contribution is 7.91. The van der Waals surface area contributed by atoms with Crippen LogP contribution >= 0.6 is 11.6 Å². The molecule has 4 aromatic rings. The first-order valence-corrected chi connectivity index (χ1v) is 21.7. The third-order valence-electron chi connectivity index (χ3n) is 11.3. The first kappa shape index (κ1) is 39.2. The Labute approximate surface area is 335 Å². The molecule has 302 valence electrons. The molecule has 0 bridgehead atoms. The molecule has 5 atom stereocenters. The van der Waals surface area contributed by atoms with E-state index in [-0.39, 0.29) is 31.7 Å². The molecule has 0 unspecified atom stereocenters. The zero-order valence-corrected chi connectivity index (χ0v) is 33.8. The maximum Gasteiger partial charge on any atom is 0.307 e. The fourth-order valence-electron chi connectivity index (χ4n) is 8.19. The van der Waals surface area contributed by atoms with Gasteiger partial charge < -0.3 is 24.1 Å². The molecule has 2 N–H and O–H groups in total.